The molecule has 0 aliphatic heterocycles. The van der Waals surface area contributed by atoms with Crippen LogP contribution in [0.2, 0.25) is 0 Å². The number of carboxylic acids is 1. The molecular weight excluding hydrogens is 216 g/mol. The lowest BCUT2D eigenvalue weighted by atomic mass is 9.72. The third-order valence-corrected chi connectivity index (χ3v) is 3.25. The van der Waals surface area contributed by atoms with Crippen LogP contribution in [0.3, 0.4) is 0 Å². The molecule has 0 saturated heterocycles. The van der Waals surface area contributed by atoms with Crippen molar-refractivity contribution in [1.29, 1.82) is 0 Å². The van der Waals surface area contributed by atoms with E-state index in [4.69, 9.17) is 0 Å². The molecule has 0 aromatic heterocycles. The van der Waals surface area contributed by atoms with E-state index in [9.17, 15) is 14.7 Å². The number of carboxylic acid groups (broad SMARTS) is 1. The van der Waals surface area contributed by atoms with E-state index in [2.05, 4.69) is 0 Å². The lowest BCUT2D eigenvalue weighted by Crippen LogP contribution is -2.40. The van der Waals surface area contributed by atoms with Gasteiger partial charge >= 0.3 is 5.97 Å². The van der Waals surface area contributed by atoms with Crippen molar-refractivity contribution in [3.05, 3.63) is 48.0 Å². The number of carbonyl (C=O) groups is 2. The number of hydrogen-bond donors (Lipinski definition) is 1. The topological polar surface area (TPSA) is 54.4 Å². The molecule has 1 aromatic rings. The molecule has 2 rings (SSSR count). The Morgan fingerprint density at radius 1 is 1.12 bits per heavy atom. The summed E-state index contributed by atoms with van der Waals surface area (Å²) in [5.41, 5.74) is -0.791. The Labute approximate surface area is 99.8 Å². The van der Waals surface area contributed by atoms with Crippen LogP contribution in [-0.2, 0) is 4.79 Å². The molecule has 88 valence electrons. The second-order valence-electron chi connectivity index (χ2n) is 4.30. The molecule has 1 aromatic carbocycles. The Morgan fingerprint density at radius 3 is 2.35 bits per heavy atom. The summed E-state index contributed by atoms with van der Waals surface area (Å²) in [6.07, 6.45) is 5.03. The van der Waals surface area contributed by atoms with Crippen molar-refractivity contribution in [3.8, 4) is 0 Å². The monoisotopic (exact) mass is 230 g/mol. The molecule has 0 fully saturated rings. The average Bonchev–Trinajstić information content (AvgIpc) is 2.39. The summed E-state index contributed by atoms with van der Waals surface area (Å²) in [5, 5.41) is 9.37. The third-order valence-electron chi connectivity index (χ3n) is 3.25. The fourth-order valence-electron chi connectivity index (χ4n) is 2.20. The molecular formula is C14H14O3. The summed E-state index contributed by atoms with van der Waals surface area (Å²) in [7, 11) is 0. The number of aliphatic carboxylic acids is 1. The number of hydrogen-bond acceptors (Lipinski definition) is 2. The first-order valence-corrected chi connectivity index (χ1v) is 5.65. The Kier molecular flexibility index (Phi) is 3.09. The molecule has 0 heterocycles. The molecule has 1 N–H and O–H groups in total. The molecule has 0 spiro atoms. The van der Waals surface area contributed by atoms with Crippen molar-refractivity contribution in [2.24, 2.45) is 5.41 Å². The number of ketones is 1. The van der Waals surface area contributed by atoms with Crippen LogP contribution >= 0.6 is 0 Å². The smallest absolute Gasteiger partial charge is 0.317 e. The van der Waals surface area contributed by atoms with Crippen molar-refractivity contribution in [2.45, 2.75) is 19.3 Å². The molecule has 1 unspecified atom stereocenters. The van der Waals surface area contributed by atoms with Crippen molar-refractivity contribution < 1.29 is 14.7 Å². The van der Waals surface area contributed by atoms with Crippen molar-refractivity contribution in [1.82, 2.24) is 0 Å². The van der Waals surface area contributed by atoms with Gasteiger partial charge in [0.25, 0.3) is 0 Å². The second kappa shape index (κ2) is 4.53. The SMILES string of the molecule is O=C(O)C1(C(=O)c2ccccc2)CC=CCC1. The van der Waals surface area contributed by atoms with E-state index >= 15 is 0 Å². The Hall–Kier alpha value is -1.90. The van der Waals surface area contributed by atoms with Gasteiger partial charge in [0.2, 0.25) is 0 Å². The molecule has 0 radical (unpaired) electrons. The molecule has 0 amide bonds. The first-order valence-electron chi connectivity index (χ1n) is 5.65. The van der Waals surface area contributed by atoms with E-state index in [-0.39, 0.29) is 12.2 Å². The first kappa shape index (κ1) is 11.6. The highest BCUT2D eigenvalue weighted by Gasteiger charge is 2.45. The summed E-state index contributed by atoms with van der Waals surface area (Å²) < 4.78 is 0. The normalized spacial score (nSPS) is 23.3. The van der Waals surface area contributed by atoms with Gasteiger partial charge in [-0.3, -0.25) is 9.59 Å². The van der Waals surface area contributed by atoms with Crippen LogP contribution in [0, 0.1) is 5.41 Å². The average molecular weight is 230 g/mol. The van der Waals surface area contributed by atoms with Crippen LogP contribution in [0.15, 0.2) is 42.5 Å². The van der Waals surface area contributed by atoms with E-state index < -0.39 is 11.4 Å². The van der Waals surface area contributed by atoms with E-state index in [0.717, 1.165) is 0 Å². The van der Waals surface area contributed by atoms with Gasteiger partial charge in [0, 0.05) is 5.56 Å². The summed E-state index contributed by atoms with van der Waals surface area (Å²) in [4.78, 5) is 23.8. The van der Waals surface area contributed by atoms with Crippen molar-refractivity contribution in [2.75, 3.05) is 0 Å². The van der Waals surface area contributed by atoms with Gasteiger partial charge in [-0.25, -0.2) is 0 Å². The largest absolute Gasteiger partial charge is 0.480 e. The standard InChI is InChI=1S/C14H14O3/c15-12(11-7-3-1-4-8-11)14(13(16)17)9-5-2-6-10-14/h1-5,7-8H,6,9-10H2,(H,16,17). The van der Waals surface area contributed by atoms with Crippen LogP contribution in [-0.4, -0.2) is 16.9 Å². The Balaban J connectivity index is 2.38. The number of benzene rings is 1. The maximum Gasteiger partial charge on any atom is 0.317 e. The number of Topliss-reactive ketones (excluding diaryl/α,β-unsaturated/α-hetero) is 1. The molecule has 3 heteroatoms. The van der Waals surface area contributed by atoms with Crippen LogP contribution in [0.1, 0.15) is 29.6 Å². The zero-order chi connectivity index (χ0) is 12.3. The van der Waals surface area contributed by atoms with E-state index in [1.165, 1.54) is 0 Å². The van der Waals surface area contributed by atoms with Gasteiger partial charge in [-0.05, 0) is 19.3 Å². The molecule has 0 saturated carbocycles. The first-order chi connectivity index (χ1) is 8.17. The lowest BCUT2D eigenvalue weighted by Gasteiger charge is -2.28. The summed E-state index contributed by atoms with van der Waals surface area (Å²) in [6.45, 7) is 0. The fraction of sp³-hybridized carbons (Fsp3) is 0.286. The molecule has 3 nitrogen and oxygen atoms in total. The molecule has 1 aliphatic carbocycles. The summed E-state index contributed by atoms with van der Waals surface area (Å²) in [5.74, 6) is -1.30. The molecule has 1 aliphatic rings. The minimum Gasteiger partial charge on any atom is -0.480 e. The predicted molar refractivity (Wildman–Crippen MR) is 63.8 cm³/mol. The van der Waals surface area contributed by atoms with Crippen molar-refractivity contribution >= 4 is 11.8 Å². The molecule has 0 bridgehead atoms. The van der Waals surface area contributed by atoms with Gasteiger partial charge < -0.3 is 5.11 Å². The van der Waals surface area contributed by atoms with Crippen LogP contribution in [0.25, 0.3) is 0 Å². The van der Waals surface area contributed by atoms with Crippen LogP contribution < -0.4 is 0 Å². The lowest BCUT2D eigenvalue weighted by molar-refractivity contribution is -0.146. The highest BCUT2D eigenvalue weighted by molar-refractivity contribution is 6.12. The minimum atomic E-state index is -1.27. The number of carbonyl (C=O) groups excluding carboxylic acids is 1. The van der Waals surface area contributed by atoms with Gasteiger partial charge in [-0.2, -0.15) is 0 Å². The molecule has 1 atom stereocenters. The zero-order valence-electron chi connectivity index (χ0n) is 9.43. The van der Waals surface area contributed by atoms with Crippen LogP contribution in [0.5, 0.6) is 0 Å². The number of rotatable bonds is 3. The maximum atomic E-state index is 12.3. The third kappa shape index (κ3) is 2.00. The second-order valence-corrected chi connectivity index (χ2v) is 4.30. The minimum absolute atomic E-state index is 0.282. The summed E-state index contributed by atoms with van der Waals surface area (Å²) >= 11 is 0. The van der Waals surface area contributed by atoms with Gasteiger partial charge in [-0.1, -0.05) is 42.5 Å². The van der Waals surface area contributed by atoms with Gasteiger partial charge in [0.05, 0.1) is 0 Å². The van der Waals surface area contributed by atoms with E-state index in [1.807, 2.05) is 12.1 Å². The Bertz CT molecular complexity index is 462. The van der Waals surface area contributed by atoms with Gasteiger partial charge in [-0.15, -0.1) is 0 Å². The van der Waals surface area contributed by atoms with E-state index in [1.54, 1.807) is 30.3 Å². The molecule has 17 heavy (non-hydrogen) atoms. The van der Waals surface area contributed by atoms with E-state index in [0.29, 0.717) is 18.4 Å². The number of allylic oxidation sites excluding steroid dienone is 2. The zero-order valence-corrected chi connectivity index (χ0v) is 9.43. The van der Waals surface area contributed by atoms with Crippen molar-refractivity contribution in [3.63, 3.8) is 0 Å². The van der Waals surface area contributed by atoms with Gasteiger partial charge in [0.1, 0.15) is 5.41 Å². The van der Waals surface area contributed by atoms with Crippen LogP contribution in [0.4, 0.5) is 0 Å². The van der Waals surface area contributed by atoms with Gasteiger partial charge in [0.15, 0.2) is 5.78 Å². The highest BCUT2D eigenvalue weighted by Crippen LogP contribution is 2.36. The summed E-state index contributed by atoms with van der Waals surface area (Å²) in [6, 6.07) is 8.66. The fourth-order valence-corrected chi connectivity index (χ4v) is 2.20. The predicted octanol–water partition coefficient (Wildman–Crippen LogP) is 2.68. The quantitative estimate of drug-likeness (QED) is 0.493. The maximum absolute atomic E-state index is 12.3. The highest BCUT2D eigenvalue weighted by atomic mass is 16.4. The Morgan fingerprint density at radius 2 is 1.82 bits per heavy atom.